The predicted octanol–water partition coefficient (Wildman–Crippen LogP) is 2.61. The first-order chi connectivity index (χ1) is 7.58. The summed E-state index contributed by atoms with van der Waals surface area (Å²) in [7, 11) is 0. The number of nitrogen functional groups attached to an aromatic ring is 1. The molecule has 0 saturated heterocycles. The van der Waals surface area contributed by atoms with Gasteiger partial charge in [0.2, 0.25) is 0 Å². The van der Waals surface area contributed by atoms with Crippen LogP contribution in [0.25, 0.3) is 0 Å². The van der Waals surface area contributed by atoms with Gasteiger partial charge in [-0.25, -0.2) is 0 Å². The molecular formula is C11H11BrN2OS. The first-order valence-corrected chi connectivity index (χ1v) is 6.44. The molecule has 0 radical (unpaired) electrons. The van der Waals surface area contributed by atoms with Crippen LogP contribution in [0.2, 0.25) is 0 Å². The third kappa shape index (κ3) is 2.20. The first-order valence-electron chi connectivity index (χ1n) is 4.77. The molecule has 0 saturated carbocycles. The van der Waals surface area contributed by atoms with Crippen LogP contribution < -0.4 is 10.6 Å². The molecule has 0 aliphatic heterocycles. The zero-order valence-electron chi connectivity index (χ0n) is 8.74. The number of aromatic nitrogens is 1. The Bertz CT molecular complexity index is 574. The number of thiazole rings is 1. The molecular weight excluding hydrogens is 288 g/mol. The van der Waals surface area contributed by atoms with Crippen LogP contribution in [-0.2, 0) is 6.54 Å². The molecule has 0 unspecified atom stereocenters. The highest BCUT2D eigenvalue weighted by Gasteiger charge is 2.04. The Morgan fingerprint density at radius 3 is 2.81 bits per heavy atom. The van der Waals surface area contributed by atoms with Crippen molar-refractivity contribution in [1.82, 2.24) is 4.57 Å². The Morgan fingerprint density at radius 1 is 1.50 bits per heavy atom. The summed E-state index contributed by atoms with van der Waals surface area (Å²) in [6, 6.07) is 5.75. The van der Waals surface area contributed by atoms with Crippen LogP contribution in [0.1, 0.15) is 11.3 Å². The Morgan fingerprint density at radius 2 is 2.25 bits per heavy atom. The second kappa shape index (κ2) is 4.43. The minimum absolute atomic E-state index is 0.0685. The Kier molecular flexibility index (Phi) is 3.16. The highest BCUT2D eigenvalue weighted by Crippen LogP contribution is 2.20. The standard InChI is InChI=1S/C11H11BrN2OS/c1-7-6-16-11(15)14(7)5-8-2-3-9(12)10(13)4-8/h2-4,6H,5,13H2,1H3. The summed E-state index contributed by atoms with van der Waals surface area (Å²) in [4.78, 5) is 11.6. The topological polar surface area (TPSA) is 48.0 Å². The van der Waals surface area contributed by atoms with Crippen molar-refractivity contribution in [2.45, 2.75) is 13.5 Å². The maximum Gasteiger partial charge on any atom is 0.307 e. The van der Waals surface area contributed by atoms with E-state index in [1.54, 1.807) is 4.57 Å². The summed E-state index contributed by atoms with van der Waals surface area (Å²) in [6.45, 7) is 2.51. The molecule has 2 rings (SSSR count). The molecule has 84 valence electrons. The van der Waals surface area contributed by atoms with Gasteiger partial charge in [0.25, 0.3) is 0 Å². The number of hydrogen-bond donors (Lipinski definition) is 1. The van der Waals surface area contributed by atoms with Crippen molar-refractivity contribution < 1.29 is 0 Å². The fraction of sp³-hybridized carbons (Fsp3) is 0.182. The third-order valence-electron chi connectivity index (χ3n) is 2.38. The summed E-state index contributed by atoms with van der Waals surface area (Å²) >= 11 is 4.57. The summed E-state index contributed by atoms with van der Waals surface area (Å²) in [6.07, 6.45) is 0. The first kappa shape index (κ1) is 11.4. The highest BCUT2D eigenvalue weighted by atomic mass is 79.9. The molecule has 2 N–H and O–H groups in total. The average Bonchev–Trinajstić information content (AvgIpc) is 2.55. The van der Waals surface area contributed by atoms with E-state index in [2.05, 4.69) is 15.9 Å². The molecule has 0 bridgehead atoms. The zero-order chi connectivity index (χ0) is 11.7. The monoisotopic (exact) mass is 298 g/mol. The molecule has 1 aromatic carbocycles. The van der Waals surface area contributed by atoms with Gasteiger partial charge in [0, 0.05) is 21.2 Å². The van der Waals surface area contributed by atoms with Gasteiger partial charge in [-0.1, -0.05) is 17.4 Å². The smallest absolute Gasteiger partial charge is 0.307 e. The van der Waals surface area contributed by atoms with Crippen LogP contribution in [0, 0.1) is 6.92 Å². The maximum atomic E-state index is 11.5. The second-order valence-electron chi connectivity index (χ2n) is 3.59. The fourth-order valence-electron chi connectivity index (χ4n) is 1.47. The highest BCUT2D eigenvalue weighted by molar-refractivity contribution is 9.10. The lowest BCUT2D eigenvalue weighted by Gasteiger charge is -2.06. The van der Waals surface area contributed by atoms with Crippen molar-refractivity contribution >= 4 is 33.0 Å². The molecule has 16 heavy (non-hydrogen) atoms. The van der Waals surface area contributed by atoms with E-state index in [-0.39, 0.29) is 4.87 Å². The zero-order valence-corrected chi connectivity index (χ0v) is 11.1. The number of anilines is 1. The van der Waals surface area contributed by atoms with Crippen LogP contribution in [0.4, 0.5) is 5.69 Å². The Labute approximate surface area is 106 Å². The van der Waals surface area contributed by atoms with Gasteiger partial charge in [-0.2, -0.15) is 0 Å². The van der Waals surface area contributed by atoms with Crippen LogP contribution >= 0.6 is 27.3 Å². The summed E-state index contributed by atoms with van der Waals surface area (Å²) < 4.78 is 2.62. The molecule has 1 heterocycles. The quantitative estimate of drug-likeness (QED) is 0.867. The molecule has 0 spiro atoms. The molecule has 0 fully saturated rings. The van der Waals surface area contributed by atoms with Gasteiger partial charge < -0.3 is 5.73 Å². The predicted molar refractivity (Wildman–Crippen MR) is 71.0 cm³/mol. The molecule has 5 heteroatoms. The van der Waals surface area contributed by atoms with Gasteiger partial charge in [0.05, 0.1) is 6.54 Å². The van der Waals surface area contributed by atoms with Crippen molar-refractivity contribution in [1.29, 1.82) is 0 Å². The van der Waals surface area contributed by atoms with E-state index in [4.69, 9.17) is 5.73 Å². The molecule has 0 aliphatic carbocycles. The lowest BCUT2D eigenvalue weighted by molar-refractivity contribution is 0.755. The van der Waals surface area contributed by atoms with Crippen LogP contribution in [-0.4, -0.2) is 4.57 Å². The number of hydrogen-bond acceptors (Lipinski definition) is 3. The van der Waals surface area contributed by atoms with Gasteiger partial charge in [0.15, 0.2) is 0 Å². The minimum atomic E-state index is 0.0685. The second-order valence-corrected chi connectivity index (χ2v) is 5.26. The SMILES string of the molecule is Cc1csc(=O)n1Cc1ccc(Br)c(N)c1. The van der Waals surface area contributed by atoms with Crippen molar-refractivity contribution in [2.75, 3.05) is 5.73 Å². The van der Waals surface area contributed by atoms with E-state index in [0.717, 1.165) is 15.7 Å². The molecule has 0 aliphatic rings. The lowest BCUT2D eigenvalue weighted by atomic mass is 10.2. The molecule has 2 aromatic rings. The number of nitrogens with zero attached hydrogens (tertiary/aromatic N) is 1. The minimum Gasteiger partial charge on any atom is -0.398 e. The van der Waals surface area contributed by atoms with Gasteiger partial charge in [0.1, 0.15) is 0 Å². The normalized spacial score (nSPS) is 10.6. The van der Waals surface area contributed by atoms with Gasteiger partial charge >= 0.3 is 4.87 Å². The number of halogens is 1. The fourth-order valence-corrected chi connectivity index (χ4v) is 2.45. The van der Waals surface area contributed by atoms with Crippen LogP contribution in [0.5, 0.6) is 0 Å². The lowest BCUT2D eigenvalue weighted by Crippen LogP contribution is -2.15. The largest absolute Gasteiger partial charge is 0.398 e. The van der Waals surface area contributed by atoms with Gasteiger partial charge in [-0.05, 0) is 40.5 Å². The average molecular weight is 299 g/mol. The van der Waals surface area contributed by atoms with E-state index < -0.39 is 0 Å². The van der Waals surface area contributed by atoms with E-state index >= 15 is 0 Å². The molecule has 1 aromatic heterocycles. The number of nitrogens with two attached hydrogens (primary N) is 1. The van der Waals surface area contributed by atoms with Gasteiger partial charge in [-0.3, -0.25) is 9.36 Å². The molecule has 0 amide bonds. The summed E-state index contributed by atoms with van der Waals surface area (Å²) in [5.74, 6) is 0. The Balaban J connectivity index is 2.34. The number of rotatable bonds is 2. The van der Waals surface area contributed by atoms with E-state index in [9.17, 15) is 4.79 Å². The maximum absolute atomic E-state index is 11.5. The third-order valence-corrected chi connectivity index (χ3v) is 3.98. The van der Waals surface area contributed by atoms with E-state index in [1.165, 1.54) is 11.3 Å². The number of aryl methyl sites for hydroxylation is 1. The van der Waals surface area contributed by atoms with Crippen molar-refractivity contribution in [3.63, 3.8) is 0 Å². The van der Waals surface area contributed by atoms with Crippen molar-refractivity contribution in [3.05, 3.63) is 49.0 Å². The van der Waals surface area contributed by atoms with Crippen LogP contribution in [0.15, 0.2) is 32.8 Å². The van der Waals surface area contributed by atoms with Crippen LogP contribution in [0.3, 0.4) is 0 Å². The van der Waals surface area contributed by atoms with Gasteiger partial charge in [-0.15, -0.1) is 0 Å². The summed E-state index contributed by atoms with van der Waals surface area (Å²) in [5, 5.41) is 1.87. The number of benzene rings is 1. The Hall–Kier alpha value is -1.07. The van der Waals surface area contributed by atoms with Crippen molar-refractivity contribution in [3.8, 4) is 0 Å². The van der Waals surface area contributed by atoms with Crippen molar-refractivity contribution in [2.24, 2.45) is 0 Å². The molecule has 3 nitrogen and oxygen atoms in total. The summed E-state index contributed by atoms with van der Waals surface area (Å²) in [5.41, 5.74) is 8.50. The van der Waals surface area contributed by atoms with E-state index in [1.807, 2.05) is 30.5 Å². The molecule has 0 atom stereocenters. The van der Waals surface area contributed by atoms with E-state index in [0.29, 0.717) is 12.2 Å².